The van der Waals surface area contributed by atoms with Crippen LogP contribution in [0.5, 0.6) is 0 Å². The van der Waals surface area contributed by atoms with E-state index >= 15 is 0 Å². The van der Waals surface area contributed by atoms with Gasteiger partial charge in [-0.05, 0) is 38.1 Å². The Kier molecular flexibility index (Phi) is 5.69. The number of amides is 1. The van der Waals surface area contributed by atoms with Crippen LogP contribution in [0.3, 0.4) is 0 Å². The summed E-state index contributed by atoms with van der Waals surface area (Å²) in [6.45, 7) is 3.37. The highest BCUT2D eigenvalue weighted by atomic mass is 35.5. The van der Waals surface area contributed by atoms with E-state index in [4.69, 9.17) is 11.6 Å². The van der Waals surface area contributed by atoms with E-state index in [2.05, 4.69) is 10.6 Å². The van der Waals surface area contributed by atoms with Crippen molar-refractivity contribution < 1.29 is 13.6 Å². The van der Waals surface area contributed by atoms with Gasteiger partial charge in [-0.25, -0.2) is 8.78 Å². The zero-order valence-electron chi connectivity index (χ0n) is 12.7. The van der Waals surface area contributed by atoms with Gasteiger partial charge in [0.1, 0.15) is 11.6 Å². The molecule has 0 aliphatic rings. The molecule has 3 nitrogen and oxygen atoms in total. The van der Waals surface area contributed by atoms with Crippen LogP contribution in [-0.2, 0) is 4.79 Å². The van der Waals surface area contributed by atoms with Gasteiger partial charge in [0.05, 0.1) is 6.04 Å². The van der Waals surface area contributed by atoms with E-state index in [9.17, 15) is 13.6 Å². The van der Waals surface area contributed by atoms with Gasteiger partial charge in [0, 0.05) is 28.4 Å². The molecule has 0 aliphatic heterocycles. The molecule has 0 fully saturated rings. The molecule has 0 bridgehead atoms. The smallest absolute Gasteiger partial charge is 0.241 e. The summed E-state index contributed by atoms with van der Waals surface area (Å²) in [5, 5.41) is 6.23. The summed E-state index contributed by atoms with van der Waals surface area (Å²) in [6.07, 6.45) is 0. The molecule has 2 aromatic rings. The molecule has 122 valence electrons. The number of anilines is 1. The van der Waals surface area contributed by atoms with Crippen molar-refractivity contribution in [1.82, 2.24) is 5.32 Å². The van der Waals surface area contributed by atoms with Crippen LogP contribution in [0, 0.1) is 11.6 Å². The molecule has 2 N–H and O–H groups in total. The predicted octanol–water partition coefficient (Wildman–Crippen LogP) is 4.30. The first kappa shape index (κ1) is 17.4. The van der Waals surface area contributed by atoms with Crippen molar-refractivity contribution in [1.29, 1.82) is 0 Å². The minimum atomic E-state index is -0.646. The van der Waals surface area contributed by atoms with Gasteiger partial charge in [-0.1, -0.05) is 23.7 Å². The second kappa shape index (κ2) is 7.53. The molecular formula is C17H17ClF2N2O. The molecule has 2 rings (SSSR count). The first-order valence-electron chi connectivity index (χ1n) is 7.14. The van der Waals surface area contributed by atoms with Gasteiger partial charge in [0.25, 0.3) is 0 Å². The molecule has 0 unspecified atom stereocenters. The van der Waals surface area contributed by atoms with Crippen molar-refractivity contribution in [2.24, 2.45) is 0 Å². The Morgan fingerprint density at radius 2 is 1.87 bits per heavy atom. The number of benzene rings is 2. The topological polar surface area (TPSA) is 41.1 Å². The van der Waals surface area contributed by atoms with Crippen LogP contribution in [0.2, 0.25) is 5.02 Å². The van der Waals surface area contributed by atoms with E-state index < -0.39 is 23.7 Å². The molecule has 1 amide bonds. The maximum atomic E-state index is 13.7. The largest absolute Gasteiger partial charge is 0.325 e. The lowest BCUT2D eigenvalue weighted by molar-refractivity contribution is -0.117. The highest BCUT2D eigenvalue weighted by molar-refractivity contribution is 6.30. The van der Waals surface area contributed by atoms with Crippen molar-refractivity contribution in [3.05, 3.63) is 64.7 Å². The Hall–Kier alpha value is -1.98. The summed E-state index contributed by atoms with van der Waals surface area (Å²) in [4.78, 5) is 12.2. The fourth-order valence-corrected chi connectivity index (χ4v) is 2.40. The summed E-state index contributed by atoms with van der Waals surface area (Å²) < 4.78 is 26.7. The number of halogens is 3. The lowest BCUT2D eigenvalue weighted by Crippen LogP contribution is -2.39. The molecule has 0 aliphatic carbocycles. The third-order valence-corrected chi connectivity index (χ3v) is 3.65. The number of hydrogen-bond acceptors (Lipinski definition) is 2. The van der Waals surface area contributed by atoms with Gasteiger partial charge in [-0.15, -0.1) is 0 Å². The fraction of sp³-hybridized carbons (Fsp3) is 0.235. The van der Waals surface area contributed by atoms with Crippen molar-refractivity contribution >= 4 is 23.2 Å². The van der Waals surface area contributed by atoms with E-state index in [1.165, 1.54) is 12.1 Å². The van der Waals surface area contributed by atoms with Crippen molar-refractivity contribution in [3.63, 3.8) is 0 Å². The van der Waals surface area contributed by atoms with E-state index in [-0.39, 0.29) is 5.91 Å². The van der Waals surface area contributed by atoms with Crippen molar-refractivity contribution in [2.75, 3.05) is 5.32 Å². The second-order valence-electron chi connectivity index (χ2n) is 5.28. The van der Waals surface area contributed by atoms with Crippen LogP contribution < -0.4 is 10.6 Å². The van der Waals surface area contributed by atoms with Gasteiger partial charge >= 0.3 is 0 Å². The number of carbonyl (C=O) groups excluding carboxylic acids is 1. The Morgan fingerprint density at radius 1 is 1.13 bits per heavy atom. The molecule has 0 radical (unpaired) electrons. The zero-order valence-corrected chi connectivity index (χ0v) is 13.5. The summed E-state index contributed by atoms with van der Waals surface area (Å²) in [7, 11) is 0. The lowest BCUT2D eigenvalue weighted by atomic mass is 10.1. The van der Waals surface area contributed by atoms with E-state index in [0.29, 0.717) is 16.3 Å². The Balaban J connectivity index is 2.00. The van der Waals surface area contributed by atoms with E-state index in [1.54, 1.807) is 38.1 Å². The van der Waals surface area contributed by atoms with Gasteiger partial charge in [0.15, 0.2) is 0 Å². The predicted molar refractivity (Wildman–Crippen MR) is 87.5 cm³/mol. The second-order valence-corrected chi connectivity index (χ2v) is 5.71. The maximum absolute atomic E-state index is 13.7. The molecule has 0 spiro atoms. The van der Waals surface area contributed by atoms with Crippen LogP contribution in [0.15, 0.2) is 42.5 Å². The molecule has 0 saturated carbocycles. The molecule has 2 aromatic carbocycles. The first-order chi connectivity index (χ1) is 10.9. The molecule has 0 saturated heterocycles. The molecule has 2 atom stereocenters. The summed E-state index contributed by atoms with van der Waals surface area (Å²) in [5.41, 5.74) is 0.880. The summed E-state index contributed by atoms with van der Waals surface area (Å²) in [6, 6.07) is 9.14. The average molecular weight is 339 g/mol. The first-order valence-corrected chi connectivity index (χ1v) is 7.52. The Bertz CT molecular complexity index is 709. The standard InChI is InChI=1S/C17H17ClF2N2O/c1-10(15-7-6-13(19)9-16(15)20)21-11(2)17(23)22-14-5-3-4-12(18)8-14/h3-11,21H,1-2H3,(H,22,23)/t10-,11+/m1/s1. The minimum absolute atomic E-state index is 0.276. The zero-order chi connectivity index (χ0) is 17.0. The average Bonchev–Trinajstić information content (AvgIpc) is 2.46. The highest BCUT2D eigenvalue weighted by Crippen LogP contribution is 2.19. The Morgan fingerprint density at radius 3 is 2.52 bits per heavy atom. The van der Waals surface area contributed by atoms with Crippen LogP contribution >= 0.6 is 11.6 Å². The fourth-order valence-electron chi connectivity index (χ4n) is 2.21. The molecule has 0 aromatic heterocycles. The molecule has 23 heavy (non-hydrogen) atoms. The van der Waals surface area contributed by atoms with Gasteiger partial charge in [-0.2, -0.15) is 0 Å². The number of hydrogen-bond donors (Lipinski definition) is 2. The molecular weight excluding hydrogens is 322 g/mol. The normalized spacial score (nSPS) is 13.4. The number of carbonyl (C=O) groups is 1. The van der Waals surface area contributed by atoms with E-state index in [1.807, 2.05) is 0 Å². The van der Waals surface area contributed by atoms with Crippen LogP contribution in [0.1, 0.15) is 25.5 Å². The van der Waals surface area contributed by atoms with Gasteiger partial charge in [0.2, 0.25) is 5.91 Å². The molecule has 0 heterocycles. The maximum Gasteiger partial charge on any atom is 0.241 e. The number of rotatable bonds is 5. The van der Waals surface area contributed by atoms with Crippen LogP contribution in [0.25, 0.3) is 0 Å². The number of nitrogens with one attached hydrogen (secondary N) is 2. The minimum Gasteiger partial charge on any atom is -0.325 e. The third kappa shape index (κ3) is 4.74. The quantitative estimate of drug-likeness (QED) is 0.853. The third-order valence-electron chi connectivity index (χ3n) is 3.41. The monoisotopic (exact) mass is 338 g/mol. The Labute approximate surface area is 138 Å². The lowest BCUT2D eigenvalue weighted by Gasteiger charge is -2.20. The molecule has 6 heteroatoms. The van der Waals surface area contributed by atoms with Crippen LogP contribution in [-0.4, -0.2) is 11.9 Å². The van der Waals surface area contributed by atoms with Crippen molar-refractivity contribution in [3.8, 4) is 0 Å². The summed E-state index contributed by atoms with van der Waals surface area (Å²) >= 11 is 5.86. The van der Waals surface area contributed by atoms with Gasteiger partial charge in [-0.3, -0.25) is 10.1 Å². The summed E-state index contributed by atoms with van der Waals surface area (Å²) in [5.74, 6) is -1.56. The van der Waals surface area contributed by atoms with Gasteiger partial charge < -0.3 is 5.32 Å². The highest BCUT2D eigenvalue weighted by Gasteiger charge is 2.18. The van der Waals surface area contributed by atoms with Crippen LogP contribution in [0.4, 0.5) is 14.5 Å². The van der Waals surface area contributed by atoms with E-state index in [0.717, 1.165) is 6.07 Å². The van der Waals surface area contributed by atoms with Crippen molar-refractivity contribution in [2.45, 2.75) is 25.9 Å². The SMILES string of the molecule is C[C@H](N[C@H](C)c1ccc(F)cc1F)C(=O)Nc1cccc(Cl)c1.